The first-order valence-electron chi connectivity index (χ1n) is 11.3. The largest absolute Gasteiger partial charge is 0.366 e. The van der Waals surface area contributed by atoms with E-state index >= 15 is 0 Å². The molecule has 1 amide bonds. The van der Waals surface area contributed by atoms with Gasteiger partial charge in [-0.15, -0.1) is 5.10 Å². The number of alkyl halides is 2. The maximum Gasteiger partial charge on any atom is 0.248 e. The van der Waals surface area contributed by atoms with Gasteiger partial charge in [0.2, 0.25) is 11.8 Å². The lowest BCUT2D eigenvalue weighted by molar-refractivity contribution is -0.0451. The molecule has 166 valence electrons. The van der Waals surface area contributed by atoms with Crippen LogP contribution in [0.2, 0.25) is 0 Å². The van der Waals surface area contributed by atoms with Crippen molar-refractivity contribution in [3.8, 4) is 0 Å². The van der Waals surface area contributed by atoms with Crippen LogP contribution < -0.4 is 5.73 Å². The van der Waals surface area contributed by atoms with Gasteiger partial charge in [-0.05, 0) is 62.1 Å². The molecule has 1 aromatic heterocycles. The molecule has 1 unspecified atom stereocenters. The molecule has 1 saturated carbocycles. The molecule has 2 aromatic rings. The Hall–Kier alpha value is -2.35. The van der Waals surface area contributed by atoms with Crippen LogP contribution in [0.15, 0.2) is 30.5 Å². The minimum Gasteiger partial charge on any atom is -0.366 e. The zero-order valence-electron chi connectivity index (χ0n) is 17.6. The summed E-state index contributed by atoms with van der Waals surface area (Å²) in [4.78, 5) is 14.1. The average Bonchev–Trinajstić information content (AvgIpc) is 3.29. The first-order valence-corrected chi connectivity index (χ1v) is 11.3. The minimum atomic E-state index is -2.53. The molecule has 6 nitrogen and oxygen atoms in total. The summed E-state index contributed by atoms with van der Waals surface area (Å²) in [5.41, 5.74) is 8.15. The number of carbonyl (C=O) groups excluding carboxylic acids is 1. The fourth-order valence-electron chi connectivity index (χ4n) is 5.79. The quantitative estimate of drug-likeness (QED) is 0.778. The van der Waals surface area contributed by atoms with Crippen LogP contribution in [0.5, 0.6) is 0 Å². The Labute approximate surface area is 180 Å². The van der Waals surface area contributed by atoms with Crippen LogP contribution in [0.4, 0.5) is 8.78 Å². The Kier molecular flexibility index (Phi) is 5.28. The van der Waals surface area contributed by atoms with Crippen LogP contribution in [0.1, 0.15) is 84.9 Å². The van der Waals surface area contributed by atoms with Gasteiger partial charge in [0.25, 0.3) is 0 Å². The van der Waals surface area contributed by atoms with Gasteiger partial charge in [-0.3, -0.25) is 9.69 Å². The van der Waals surface area contributed by atoms with Crippen LogP contribution in [-0.4, -0.2) is 43.8 Å². The zero-order chi connectivity index (χ0) is 21.6. The number of carbonyl (C=O) groups is 1. The van der Waals surface area contributed by atoms with Gasteiger partial charge in [-0.25, -0.2) is 13.5 Å². The minimum absolute atomic E-state index is 0.0286. The number of aromatic nitrogens is 3. The summed E-state index contributed by atoms with van der Waals surface area (Å²) >= 11 is 0. The molecule has 1 aliphatic carbocycles. The molecule has 8 heteroatoms. The second-order valence-electron chi connectivity index (χ2n) is 9.49. The number of nitrogens with two attached hydrogens (primary N) is 1. The average molecular weight is 430 g/mol. The normalized spacial score (nSPS) is 28.6. The number of amides is 1. The first kappa shape index (κ1) is 20.5. The molecule has 3 fully saturated rings. The van der Waals surface area contributed by atoms with Crippen molar-refractivity contribution in [1.29, 1.82) is 0 Å². The zero-order valence-corrected chi connectivity index (χ0v) is 17.6. The maximum absolute atomic E-state index is 13.4. The van der Waals surface area contributed by atoms with Crippen molar-refractivity contribution >= 4 is 5.91 Å². The highest BCUT2D eigenvalue weighted by molar-refractivity contribution is 5.92. The van der Waals surface area contributed by atoms with Crippen molar-refractivity contribution in [2.75, 3.05) is 0 Å². The third kappa shape index (κ3) is 4.22. The lowest BCUT2D eigenvalue weighted by Gasteiger charge is -2.38. The summed E-state index contributed by atoms with van der Waals surface area (Å²) in [6, 6.07) is 8.74. The Morgan fingerprint density at radius 3 is 2.48 bits per heavy atom. The molecule has 5 rings (SSSR count). The molecule has 2 N–H and O–H groups in total. The molecule has 3 heterocycles. The molecule has 0 radical (unpaired) electrons. The number of rotatable bonds is 5. The Bertz CT molecular complexity index is 937. The number of hydrogen-bond acceptors (Lipinski definition) is 4. The second kappa shape index (κ2) is 7.97. The predicted octanol–water partition coefficient (Wildman–Crippen LogP) is 4.04. The number of benzene rings is 1. The molecule has 3 atom stereocenters. The van der Waals surface area contributed by atoms with E-state index in [1.54, 1.807) is 10.7 Å². The lowest BCUT2D eigenvalue weighted by Crippen LogP contribution is -2.41. The van der Waals surface area contributed by atoms with Crippen molar-refractivity contribution < 1.29 is 13.6 Å². The third-order valence-corrected chi connectivity index (χ3v) is 7.49. The van der Waals surface area contributed by atoms with Gasteiger partial charge in [-0.1, -0.05) is 17.3 Å². The van der Waals surface area contributed by atoms with Crippen molar-refractivity contribution in [1.82, 2.24) is 19.9 Å². The Morgan fingerprint density at radius 2 is 1.81 bits per heavy atom. The van der Waals surface area contributed by atoms with Gasteiger partial charge in [0.05, 0.1) is 17.9 Å². The molecular weight excluding hydrogens is 400 g/mol. The van der Waals surface area contributed by atoms with E-state index in [4.69, 9.17) is 5.73 Å². The first-order chi connectivity index (χ1) is 14.9. The highest BCUT2D eigenvalue weighted by Gasteiger charge is 2.41. The fourth-order valence-corrected chi connectivity index (χ4v) is 5.79. The van der Waals surface area contributed by atoms with Gasteiger partial charge in [0, 0.05) is 37.0 Å². The third-order valence-electron chi connectivity index (χ3n) is 7.49. The maximum atomic E-state index is 13.4. The Balaban J connectivity index is 1.23. The number of nitrogens with zero attached hydrogens (tertiary/aromatic N) is 4. The fraction of sp³-hybridized carbons (Fsp3) is 0.609. The van der Waals surface area contributed by atoms with Gasteiger partial charge >= 0.3 is 0 Å². The summed E-state index contributed by atoms with van der Waals surface area (Å²) < 4.78 is 28.7. The highest BCUT2D eigenvalue weighted by Crippen LogP contribution is 2.44. The molecule has 31 heavy (non-hydrogen) atoms. The summed E-state index contributed by atoms with van der Waals surface area (Å²) in [5.74, 6) is -2.47. The SMILES string of the molecule is NC(=O)c1cccc(C2C[C@H]3CC[C@@H](C2)N3Cc2cn(C3CCC(F)(F)CC3)nn2)c1. The van der Waals surface area contributed by atoms with Crippen LogP contribution in [0, 0.1) is 0 Å². The van der Waals surface area contributed by atoms with Gasteiger partial charge in [-0.2, -0.15) is 0 Å². The highest BCUT2D eigenvalue weighted by atomic mass is 19.3. The summed E-state index contributed by atoms with van der Waals surface area (Å²) in [7, 11) is 0. The van der Waals surface area contributed by atoms with Crippen molar-refractivity contribution in [3.05, 3.63) is 47.3 Å². The van der Waals surface area contributed by atoms with E-state index in [9.17, 15) is 13.6 Å². The topological polar surface area (TPSA) is 77.0 Å². The van der Waals surface area contributed by atoms with Crippen LogP contribution >= 0.6 is 0 Å². The second-order valence-corrected chi connectivity index (χ2v) is 9.49. The lowest BCUT2D eigenvalue weighted by atomic mass is 9.84. The Morgan fingerprint density at radius 1 is 1.10 bits per heavy atom. The van der Waals surface area contributed by atoms with E-state index in [0.717, 1.165) is 25.1 Å². The van der Waals surface area contributed by atoms with E-state index < -0.39 is 5.92 Å². The van der Waals surface area contributed by atoms with Crippen molar-refractivity contribution in [3.63, 3.8) is 0 Å². The molecule has 2 saturated heterocycles. The van der Waals surface area contributed by atoms with Gasteiger partial charge < -0.3 is 5.73 Å². The van der Waals surface area contributed by atoms with E-state index in [-0.39, 0.29) is 24.8 Å². The summed E-state index contributed by atoms with van der Waals surface area (Å²) in [6.07, 6.45) is 7.19. The van der Waals surface area contributed by atoms with Gasteiger partial charge in [0.1, 0.15) is 0 Å². The molecule has 2 aliphatic heterocycles. The van der Waals surface area contributed by atoms with Crippen molar-refractivity contribution in [2.45, 2.75) is 87.9 Å². The summed E-state index contributed by atoms with van der Waals surface area (Å²) in [5, 5.41) is 8.62. The molecule has 0 spiro atoms. The molecule has 1 aromatic carbocycles. The number of fused-ring (bicyclic) bond motifs is 2. The van der Waals surface area contributed by atoms with Crippen LogP contribution in [0.25, 0.3) is 0 Å². The van der Waals surface area contributed by atoms with Gasteiger partial charge in [0.15, 0.2) is 0 Å². The standard InChI is InChI=1S/C23H29F2N5O/c24-23(25)8-6-19(7-9-23)30-14-18(27-28-30)13-29-20-4-5-21(29)12-17(11-20)15-2-1-3-16(10-15)22(26)31/h1-3,10,14,17,19-21H,4-9,11-13H2,(H2,26,31)/t17?,20-,21+. The smallest absolute Gasteiger partial charge is 0.248 e. The summed E-state index contributed by atoms with van der Waals surface area (Å²) in [6.45, 7) is 0.756. The van der Waals surface area contributed by atoms with E-state index in [2.05, 4.69) is 21.3 Å². The molecule has 2 bridgehead atoms. The predicted molar refractivity (Wildman–Crippen MR) is 112 cm³/mol. The van der Waals surface area contributed by atoms with Crippen LogP contribution in [-0.2, 0) is 6.54 Å². The monoisotopic (exact) mass is 429 g/mol. The number of halogens is 2. The van der Waals surface area contributed by atoms with E-state index in [1.807, 2.05) is 18.3 Å². The number of piperidine rings is 1. The number of primary amides is 1. The van der Waals surface area contributed by atoms with E-state index in [1.165, 1.54) is 18.4 Å². The molecular formula is C23H29F2N5O. The number of hydrogen-bond donors (Lipinski definition) is 1. The van der Waals surface area contributed by atoms with Crippen LogP contribution in [0.3, 0.4) is 0 Å². The van der Waals surface area contributed by atoms with E-state index in [0.29, 0.717) is 36.4 Å². The molecule has 3 aliphatic rings. The van der Waals surface area contributed by atoms with Crippen molar-refractivity contribution in [2.24, 2.45) is 5.73 Å².